The van der Waals surface area contributed by atoms with Gasteiger partial charge in [-0.1, -0.05) is 39.3 Å². The molecule has 0 spiro atoms. The molecule has 6 rings (SSSR count). The molecule has 0 amide bonds. The van der Waals surface area contributed by atoms with Crippen molar-refractivity contribution in [1.82, 2.24) is 0 Å². The summed E-state index contributed by atoms with van der Waals surface area (Å²) in [6.45, 7) is 9.41. The van der Waals surface area contributed by atoms with Gasteiger partial charge in [0, 0.05) is 31.3 Å². The molecule has 19 unspecified atom stereocenters. The minimum Gasteiger partial charge on any atom is -0.396 e. The number of ketones is 2. The highest BCUT2D eigenvalue weighted by Gasteiger charge is 2.62. The molecule has 13 nitrogen and oxygen atoms in total. The van der Waals surface area contributed by atoms with Crippen molar-refractivity contribution in [2.75, 3.05) is 13.2 Å². The van der Waals surface area contributed by atoms with E-state index in [0.717, 1.165) is 25.7 Å². The van der Waals surface area contributed by atoms with Crippen molar-refractivity contribution >= 4 is 11.6 Å². The third-order valence-electron chi connectivity index (χ3n) is 14.4. The lowest BCUT2D eigenvalue weighted by Crippen LogP contribution is -2.64. The quantitative estimate of drug-likeness (QED) is 0.150. The van der Waals surface area contributed by atoms with E-state index in [1.165, 1.54) is 12.5 Å². The van der Waals surface area contributed by atoms with Crippen LogP contribution >= 0.6 is 0 Å². The first-order valence-corrected chi connectivity index (χ1v) is 19.5. The van der Waals surface area contributed by atoms with Crippen LogP contribution in [0.15, 0.2) is 11.6 Å². The molecule has 19 atom stereocenters. The molecule has 52 heavy (non-hydrogen) atoms. The maximum atomic E-state index is 13.7. The Kier molecular flexibility index (Phi) is 12.1. The fourth-order valence-electron chi connectivity index (χ4n) is 11.1. The van der Waals surface area contributed by atoms with E-state index in [1.54, 1.807) is 0 Å². The molecule has 5 fully saturated rings. The molecule has 296 valence electrons. The van der Waals surface area contributed by atoms with E-state index in [0.29, 0.717) is 43.9 Å². The lowest BCUT2D eigenvalue weighted by atomic mass is 9.47. The van der Waals surface area contributed by atoms with Crippen LogP contribution in [0.4, 0.5) is 0 Å². The molecule has 0 aromatic carbocycles. The number of aliphatic hydroxyl groups excluding tert-OH is 7. The van der Waals surface area contributed by atoms with Gasteiger partial charge < -0.3 is 54.7 Å². The van der Waals surface area contributed by atoms with Gasteiger partial charge in [0.05, 0.1) is 18.8 Å². The maximum Gasteiger partial charge on any atom is 0.187 e. The average molecular weight is 739 g/mol. The van der Waals surface area contributed by atoms with Gasteiger partial charge in [0.25, 0.3) is 0 Å². The monoisotopic (exact) mass is 738 g/mol. The summed E-state index contributed by atoms with van der Waals surface area (Å²) in [6.07, 6.45) is -5.47. The molecule has 3 saturated carbocycles. The molecule has 2 heterocycles. The standard InChI is InChI=1S/C39H62O13/c1-18(16-40)6-9-26(42)19(2)29-27(43)15-25-23-8-7-21-14-22(10-12-38(21,4)24(23)11-13-39(25,29)5)50-37-35(33(47)31(45)28(17-41)51-37)52-36-34(48)32(46)30(44)20(3)49-36/h7,18-20,22-25,28-37,40-41,44-48H,6,8-17H2,1-5H3. The van der Waals surface area contributed by atoms with Crippen LogP contribution in [0.25, 0.3) is 0 Å². The Labute approximate surface area is 306 Å². The Morgan fingerprint density at radius 2 is 1.63 bits per heavy atom. The van der Waals surface area contributed by atoms with Crippen molar-refractivity contribution in [2.45, 2.75) is 160 Å². The van der Waals surface area contributed by atoms with Gasteiger partial charge in [0.2, 0.25) is 0 Å². The lowest BCUT2D eigenvalue weighted by Gasteiger charge is -2.58. The van der Waals surface area contributed by atoms with Crippen LogP contribution in [0.1, 0.15) is 92.4 Å². The smallest absolute Gasteiger partial charge is 0.187 e. The van der Waals surface area contributed by atoms with Gasteiger partial charge in [-0.3, -0.25) is 9.59 Å². The van der Waals surface area contributed by atoms with Gasteiger partial charge in [-0.15, -0.1) is 0 Å². The summed E-state index contributed by atoms with van der Waals surface area (Å²) >= 11 is 0. The van der Waals surface area contributed by atoms with Crippen LogP contribution in [-0.4, -0.2) is 128 Å². The molecular weight excluding hydrogens is 676 g/mol. The SMILES string of the molecule is CC(CO)CCC(=O)C(C)C1C(=O)CC2C3CC=C4CC(OC5OC(CO)C(O)C(O)C5OC5OC(C)C(O)C(O)C5O)CCC4(C)C3CCC21C. The summed E-state index contributed by atoms with van der Waals surface area (Å²) in [5, 5.41) is 72.2. The molecule has 4 aliphatic carbocycles. The summed E-state index contributed by atoms with van der Waals surface area (Å²) in [5.74, 6) is 0.680. The highest BCUT2D eigenvalue weighted by Crippen LogP contribution is 2.66. The number of hydrogen-bond donors (Lipinski definition) is 7. The number of carbonyl (C=O) groups is 2. The Morgan fingerprint density at radius 1 is 0.904 bits per heavy atom. The molecule has 13 heteroatoms. The second kappa shape index (κ2) is 15.6. The first kappa shape index (κ1) is 40.3. The number of Topliss-reactive ketones (excluding diaryl/α,β-unsaturated/α-hetero) is 2. The van der Waals surface area contributed by atoms with Crippen LogP contribution in [0, 0.1) is 46.3 Å². The highest BCUT2D eigenvalue weighted by molar-refractivity contribution is 5.92. The van der Waals surface area contributed by atoms with Gasteiger partial charge in [-0.2, -0.15) is 0 Å². The Bertz CT molecular complexity index is 1320. The van der Waals surface area contributed by atoms with Gasteiger partial charge in [0.1, 0.15) is 54.3 Å². The third-order valence-corrected chi connectivity index (χ3v) is 14.4. The minimum absolute atomic E-state index is 0.0488. The molecule has 0 radical (unpaired) electrons. The van der Waals surface area contributed by atoms with Crippen molar-refractivity contribution in [1.29, 1.82) is 0 Å². The minimum atomic E-state index is -1.64. The summed E-state index contributed by atoms with van der Waals surface area (Å²) in [7, 11) is 0. The normalized spacial score (nSPS) is 49.0. The second-order valence-corrected chi connectivity index (χ2v) is 17.5. The molecule has 2 aliphatic heterocycles. The first-order valence-electron chi connectivity index (χ1n) is 19.5. The van der Waals surface area contributed by atoms with E-state index < -0.39 is 68.0 Å². The first-order chi connectivity index (χ1) is 24.5. The number of aliphatic hydroxyl groups is 7. The Morgan fingerprint density at radius 3 is 2.33 bits per heavy atom. The second-order valence-electron chi connectivity index (χ2n) is 17.5. The van der Waals surface area contributed by atoms with Gasteiger partial charge >= 0.3 is 0 Å². The third kappa shape index (κ3) is 7.11. The maximum absolute atomic E-state index is 13.7. The predicted octanol–water partition coefficient (Wildman–Crippen LogP) is 1.40. The van der Waals surface area contributed by atoms with Crippen molar-refractivity contribution in [3.63, 3.8) is 0 Å². The van der Waals surface area contributed by atoms with Crippen LogP contribution in [-0.2, 0) is 28.5 Å². The van der Waals surface area contributed by atoms with E-state index >= 15 is 0 Å². The zero-order chi connectivity index (χ0) is 37.9. The fraction of sp³-hybridized carbons (Fsp3) is 0.897. The highest BCUT2D eigenvalue weighted by atomic mass is 16.8. The summed E-state index contributed by atoms with van der Waals surface area (Å²) in [4.78, 5) is 27.0. The van der Waals surface area contributed by atoms with E-state index in [9.17, 15) is 45.3 Å². The van der Waals surface area contributed by atoms with Gasteiger partial charge in [0.15, 0.2) is 12.6 Å². The van der Waals surface area contributed by atoms with E-state index in [2.05, 4.69) is 19.9 Å². The van der Waals surface area contributed by atoms with Crippen molar-refractivity contribution < 1.29 is 64.3 Å². The number of fused-ring (bicyclic) bond motifs is 5. The van der Waals surface area contributed by atoms with Crippen LogP contribution in [0.5, 0.6) is 0 Å². The number of ether oxygens (including phenoxy) is 4. The van der Waals surface area contributed by atoms with Crippen molar-refractivity contribution in [3.05, 3.63) is 11.6 Å². The molecule has 0 bridgehead atoms. The number of hydrogen-bond acceptors (Lipinski definition) is 13. The predicted molar refractivity (Wildman–Crippen MR) is 185 cm³/mol. The zero-order valence-corrected chi connectivity index (χ0v) is 31.3. The topological polar surface area (TPSA) is 213 Å². The van der Waals surface area contributed by atoms with Crippen LogP contribution in [0.3, 0.4) is 0 Å². The largest absolute Gasteiger partial charge is 0.396 e. The van der Waals surface area contributed by atoms with Gasteiger partial charge in [-0.25, -0.2) is 0 Å². The number of allylic oxidation sites excluding steroid dienone is 1. The van der Waals surface area contributed by atoms with Crippen molar-refractivity contribution in [2.24, 2.45) is 46.3 Å². The molecule has 6 aliphatic rings. The zero-order valence-electron chi connectivity index (χ0n) is 31.3. The summed E-state index contributed by atoms with van der Waals surface area (Å²) in [6, 6.07) is 0. The number of carbonyl (C=O) groups excluding carboxylic acids is 2. The van der Waals surface area contributed by atoms with Crippen LogP contribution < -0.4 is 0 Å². The van der Waals surface area contributed by atoms with Crippen molar-refractivity contribution in [3.8, 4) is 0 Å². The lowest BCUT2D eigenvalue weighted by molar-refractivity contribution is -0.369. The molecular formula is C39H62O13. The van der Waals surface area contributed by atoms with E-state index in [1.807, 2.05) is 13.8 Å². The van der Waals surface area contributed by atoms with E-state index in [4.69, 9.17) is 18.9 Å². The van der Waals surface area contributed by atoms with Gasteiger partial charge in [-0.05, 0) is 86.4 Å². The molecule has 7 N–H and O–H groups in total. The molecule has 0 aromatic heterocycles. The molecule has 0 aromatic rings. The number of rotatable bonds is 11. The average Bonchev–Trinajstić information content (AvgIpc) is 3.40. The Hall–Kier alpha value is -1.36. The molecule has 2 saturated heterocycles. The summed E-state index contributed by atoms with van der Waals surface area (Å²) in [5.41, 5.74) is 0.939. The summed E-state index contributed by atoms with van der Waals surface area (Å²) < 4.78 is 23.9. The van der Waals surface area contributed by atoms with Crippen LogP contribution in [0.2, 0.25) is 0 Å². The Balaban J connectivity index is 1.15. The van der Waals surface area contributed by atoms with E-state index in [-0.39, 0.29) is 58.8 Å². The fourth-order valence-corrected chi connectivity index (χ4v) is 11.1.